The third kappa shape index (κ3) is 2.36. The molecule has 164 valence electrons. The molecule has 0 aromatic rings. The summed E-state index contributed by atoms with van der Waals surface area (Å²) in [6, 6.07) is 0. The van der Waals surface area contributed by atoms with E-state index in [-0.39, 0.29) is 29.0 Å². The van der Waals surface area contributed by atoms with Crippen molar-refractivity contribution < 1.29 is 29.3 Å². The molecule has 1 saturated heterocycles. The number of carboxylic acid groups (broad SMARTS) is 1. The quantitative estimate of drug-likeness (QED) is 0.734. The summed E-state index contributed by atoms with van der Waals surface area (Å²) in [5.74, 6) is -0.722. The molecule has 0 aromatic heterocycles. The topological polar surface area (TPSA) is 93.1 Å². The highest BCUT2D eigenvalue weighted by Gasteiger charge is 2.76. The first kappa shape index (κ1) is 20.4. The average Bonchev–Trinajstić information content (AvgIpc) is 3.15. The van der Waals surface area contributed by atoms with Crippen LogP contribution in [-0.2, 0) is 19.1 Å². The van der Waals surface area contributed by atoms with E-state index in [0.29, 0.717) is 19.3 Å². The highest BCUT2D eigenvalue weighted by Crippen LogP contribution is 2.69. The number of aliphatic hydroxyl groups is 1. The molecule has 4 fully saturated rings. The van der Waals surface area contributed by atoms with Crippen molar-refractivity contribution in [3.63, 3.8) is 0 Å². The first-order valence-corrected chi connectivity index (χ1v) is 11.4. The summed E-state index contributed by atoms with van der Waals surface area (Å²) in [5, 5.41) is 21.8. The van der Waals surface area contributed by atoms with E-state index in [1.54, 1.807) is 12.2 Å². The van der Waals surface area contributed by atoms with E-state index < -0.39 is 35.5 Å². The molecule has 30 heavy (non-hydrogen) atoms. The SMILES string of the molecule is CCCC1O[C@@H]2C[C@H]3[C@@H]4CCC5=CC(=O)C=C[C@]5(C)[C@H]4[C@H](O)C[C@]3(C)[C@]2(C(=O)O)O1. The van der Waals surface area contributed by atoms with Crippen LogP contribution in [0.4, 0.5) is 0 Å². The summed E-state index contributed by atoms with van der Waals surface area (Å²) in [5.41, 5.74) is -1.37. The van der Waals surface area contributed by atoms with Gasteiger partial charge in [-0.2, -0.15) is 0 Å². The number of aliphatic carboxylic acids is 1. The highest BCUT2D eigenvalue weighted by molar-refractivity contribution is 6.01. The summed E-state index contributed by atoms with van der Waals surface area (Å²) in [4.78, 5) is 24.6. The van der Waals surface area contributed by atoms with Gasteiger partial charge in [0.05, 0.1) is 6.10 Å². The molecule has 6 nitrogen and oxygen atoms in total. The average molecular weight is 417 g/mol. The molecule has 3 saturated carbocycles. The Bertz CT molecular complexity index is 847. The van der Waals surface area contributed by atoms with Gasteiger partial charge in [0.25, 0.3) is 0 Å². The van der Waals surface area contributed by atoms with E-state index in [9.17, 15) is 19.8 Å². The fraction of sp³-hybridized carbons (Fsp3) is 0.750. The van der Waals surface area contributed by atoms with Crippen LogP contribution >= 0.6 is 0 Å². The van der Waals surface area contributed by atoms with Gasteiger partial charge in [0, 0.05) is 16.7 Å². The molecule has 0 amide bonds. The number of allylic oxidation sites excluding steroid dienone is 4. The van der Waals surface area contributed by atoms with Crippen molar-refractivity contribution in [2.45, 2.75) is 83.4 Å². The van der Waals surface area contributed by atoms with Gasteiger partial charge >= 0.3 is 5.97 Å². The maximum atomic E-state index is 12.7. The van der Waals surface area contributed by atoms with Crippen LogP contribution in [0, 0.1) is 28.6 Å². The molecule has 0 radical (unpaired) electrons. The Morgan fingerprint density at radius 2 is 2.10 bits per heavy atom. The first-order chi connectivity index (χ1) is 14.2. The minimum absolute atomic E-state index is 0.0139. The van der Waals surface area contributed by atoms with Gasteiger partial charge in [0.1, 0.15) is 6.10 Å². The summed E-state index contributed by atoms with van der Waals surface area (Å²) in [6.07, 6.45) is 7.90. The molecule has 5 aliphatic rings. The Morgan fingerprint density at radius 3 is 2.80 bits per heavy atom. The smallest absolute Gasteiger partial charge is 0.339 e. The van der Waals surface area contributed by atoms with Crippen molar-refractivity contribution in [2.24, 2.45) is 28.6 Å². The van der Waals surface area contributed by atoms with Crippen molar-refractivity contribution in [1.29, 1.82) is 0 Å². The van der Waals surface area contributed by atoms with Gasteiger partial charge in [-0.3, -0.25) is 4.79 Å². The van der Waals surface area contributed by atoms with Crippen molar-refractivity contribution in [3.05, 3.63) is 23.8 Å². The number of aliphatic hydroxyl groups excluding tert-OH is 1. The van der Waals surface area contributed by atoms with E-state index in [4.69, 9.17) is 9.47 Å². The largest absolute Gasteiger partial charge is 0.479 e. The standard InChI is InChI=1S/C24H32O6/c1-4-5-19-29-18-11-16-15-7-6-13-10-14(25)8-9-22(13,2)20(15)17(26)12-23(16,3)24(18,30-19)21(27)28/h8-10,15-20,26H,4-7,11-12H2,1-3H3,(H,27,28)/t15-,16-,17+,18+,19?,20+,22-,23-,24-/m0/s1. The molecule has 1 heterocycles. The van der Waals surface area contributed by atoms with E-state index in [2.05, 4.69) is 6.92 Å². The Balaban J connectivity index is 1.55. The predicted octanol–water partition coefficient (Wildman–Crippen LogP) is 3.24. The summed E-state index contributed by atoms with van der Waals surface area (Å²) >= 11 is 0. The number of ether oxygens (including phenoxy) is 2. The molecule has 1 aliphatic heterocycles. The number of carboxylic acids is 1. The molecule has 6 heteroatoms. The third-order valence-electron chi connectivity index (χ3n) is 9.13. The summed E-state index contributed by atoms with van der Waals surface area (Å²) in [6.45, 7) is 6.15. The van der Waals surface area contributed by atoms with Gasteiger partial charge in [0.15, 0.2) is 17.7 Å². The fourth-order valence-electron chi connectivity index (χ4n) is 7.87. The van der Waals surface area contributed by atoms with E-state index in [1.165, 1.54) is 0 Å². The van der Waals surface area contributed by atoms with Gasteiger partial charge in [-0.1, -0.05) is 38.8 Å². The van der Waals surface area contributed by atoms with Crippen LogP contribution in [0.3, 0.4) is 0 Å². The van der Waals surface area contributed by atoms with Crippen molar-refractivity contribution in [2.75, 3.05) is 0 Å². The molecule has 0 bridgehead atoms. The second-order valence-electron chi connectivity index (χ2n) is 10.4. The van der Waals surface area contributed by atoms with Crippen molar-refractivity contribution in [1.82, 2.24) is 0 Å². The highest BCUT2D eigenvalue weighted by atomic mass is 16.7. The van der Waals surface area contributed by atoms with Crippen LogP contribution in [0.25, 0.3) is 0 Å². The van der Waals surface area contributed by atoms with Gasteiger partial charge in [0.2, 0.25) is 0 Å². The van der Waals surface area contributed by atoms with E-state index in [1.807, 2.05) is 19.9 Å². The molecule has 5 rings (SSSR count). The number of hydrogen-bond donors (Lipinski definition) is 2. The Kier molecular flexibility index (Phi) is 4.42. The lowest BCUT2D eigenvalue weighted by Crippen LogP contribution is -2.63. The monoisotopic (exact) mass is 416 g/mol. The second-order valence-corrected chi connectivity index (χ2v) is 10.4. The lowest BCUT2D eigenvalue weighted by atomic mass is 9.46. The minimum Gasteiger partial charge on any atom is -0.479 e. The Labute approximate surface area is 177 Å². The van der Waals surface area contributed by atoms with Crippen LogP contribution in [-0.4, -0.2) is 46.1 Å². The maximum absolute atomic E-state index is 12.7. The zero-order valence-corrected chi connectivity index (χ0v) is 18.0. The molecular weight excluding hydrogens is 384 g/mol. The van der Waals surface area contributed by atoms with Gasteiger partial charge in [-0.15, -0.1) is 0 Å². The predicted molar refractivity (Wildman–Crippen MR) is 108 cm³/mol. The maximum Gasteiger partial charge on any atom is 0.339 e. The lowest BCUT2D eigenvalue weighted by molar-refractivity contribution is -0.210. The van der Waals surface area contributed by atoms with E-state index in [0.717, 1.165) is 24.8 Å². The van der Waals surface area contributed by atoms with Gasteiger partial charge in [-0.25, -0.2) is 4.79 Å². The minimum atomic E-state index is -1.40. The molecule has 1 unspecified atom stereocenters. The van der Waals surface area contributed by atoms with Gasteiger partial charge < -0.3 is 19.7 Å². The van der Waals surface area contributed by atoms with Crippen molar-refractivity contribution >= 4 is 11.8 Å². The zero-order valence-electron chi connectivity index (χ0n) is 18.0. The zero-order chi connectivity index (χ0) is 21.5. The number of fused-ring (bicyclic) bond motifs is 7. The molecule has 2 N–H and O–H groups in total. The van der Waals surface area contributed by atoms with Crippen LogP contribution < -0.4 is 0 Å². The second kappa shape index (κ2) is 6.50. The van der Waals surface area contributed by atoms with Crippen LogP contribution in [0.1, 0.15) is 59.3 Å². The normalized spacial score (nSPS) is 51.6. The fourth-order valence-corrected chi connectivity index (χ4v) is 7.87. The lowest BCUT2D eigenvalue weighted by Gasteiger charge is -2.59. The third-order valence-corrected chi connectivity index (χ3v) is 9.13. The first-order valence-electron chi connectivity index (χ1n) is 11.4. The number of hydrogen-bond acceptors (Lipinski definition) is 5. The molecule has 9 atom stereocenters. The van der Waals surface area contributed by atoms with Crippen LogP contribution in [0.15, 0.2) is 23.8 Å². The molecule has 0 spiro atoms. The number of rotatable bonds is 3. The number of carbonyl (C=O) groups is 2. The Morgan fingerprint density at radius 1 is 1.33 bits per heavy atom. The summed E-state index contributed by atoms with van der Waals surface area (Å²) < 4.78 is 12.4. The number of carbonyl (C=O) groups excluding carboxylic acids is 1. The molecule has 4 aliphatic carbocycles. The van der Waals surface area contributed by atoms with Crippen molar-refractivity contribution in [3.8, 4) is 0 Å². The summed E-state index contributed by atoms with van der Waals surface area (Å²) in [7, 11) is 0. The van der Waals surface area contributed by atoms with Crippen LogP contribution in [0.2, 0.25) is 0 Å². The Hall–Kier alpha value is -1.50. The van der Waals surface area contributed by atoms with E-state index >= 15 is 0 Å². The number of ketones is 1. The molecule has 0 aromatic carbocycles. The van der Waals surface area contributed by atoms with Crippen LogP contribution in [0.5, 0.6) is 0 Å². The van der Waals surface area contributed by atoms with Gasteiger partial charge in [-0.05, 0) is 56.1 Å². The molecular formula is C24H32O6.